The summed E-state index contributed by atoms with van der Waals surface area (Å²) >= 11 is 0. The largest absolute Gasteiger partial charge is 0.313 e. The minimum Gasteiger partial charge on any atom is -0.313 e. The number of rotatable bonds is 5. The summed E-state index contributed by atoms with van der Waals surface area (Å²) < 4.78 is 0. The lowest BCUT2D eigenvalue weighted by Gasteiger charge is -2.19. The van der Waals surface area contributed by atoms with Gasteiger partial charge in [-0.25, -0.2) is 4.98 Å². The Balaban J connectivity index is 1.71. The van der Waals surface area contributed by atoms with E-state index >= 15 is 0 Å². The highest BCUT2D eigenvalue weighted by atomic mass is 15.2. The summed E-state index contributed by atoms with van der Waals surface area (Å²) in [5, 5.41) is 10.5. The molecule has 1 atom stereocenters. The average Bonchev–Trinajstić information content (AvgIpc) is 2.81. The first-order chi connectivity index (χ1) is 7.10. The predicted molar refractivity (Wildman–Crippen MR) is 59.6 cm³/mol. The summed E-state index contributed by atoms with van der Waals surface area (Å²) in [6.07, 6.45) is 3.63. The van der Waals surface area contributed by atoms with Crippen LogP contribution in [0.25, 0.3) is 0 Å². The molecule has 2 N–H and O–H groups in total. The minimum atomic E-state index is 0.551. The van der Waals surface area contributed by atoms with Crippen LogP contribution in [-0.4, -0.2) is 27.8 Å². The standard InChI is InChI=1S/C11H20N4/c1-8(11(3)5-6-11)12-7-4-10-13-9(2)14-15-10/h8,12H,4-7H2,1-3H3,(H,13,14,15). The maximum Gasteiger partial charge on any atom is 0.151 e. The van der Waals surface area contributed by atoms with Crippen molar-refractivity contribution in [1.82, 2.24) is 20.5 Å². The van der Waals surface area contributed by atoms with Crippen molar-refractivity contribution < 1.29 is 0 Å². The first kappa shape index (κ1) is 10.6. The van der Waals surface area contributed by atoms with Gasteiger partial charge >= 0.3 is 0 Å². The molecule has 1 heterocycles. The van der Waals surface area contributed by atoms with Gasteiger partial charge in [-0.1, -0.05) is 6.92 Å². The Labute approximate surface area is 90.9 Å². The molecule has 0 spiro atoms. The summed E-state index contributed by atoms with van der Waals surface area (Å²) in [5.41, 5.74) is 0.551. The molecule has 1 aromatic heterocycles. The Kier molecular flexibility index (Phi) is 2.78. The van der Waals surface area contributed by atoms with Gasteiger partial charge in [0.2, 0.25) is 0 Å². The lowest BCUT2D eigenvalue weighted by molar-refractivity contribution is 0.382. The molecule has 4 nitrogen and oxygen atoms in total. The molecule has 1 aliphatic rings. The van der Waals surface area contributed by atoms with Crippen molar-refractivity contribution in [3.63, 3.8) is 0 Å². The zero-order valence-corrected chi connectivity index (χ0v) is 9.80. The Morgan fingerprint density at radius 1 is 1.53 bits per heavy atom. The predicted octanol–water partition coefficient (Wildman–Crippen LogP) is 1.43. The highest BCUT2D eigenvalue weighted by Gasteiger charge is 2.41. The molecule has 15 heavy (non-hydrogen) atoms. The van der Waals surface area contributed by atoms with E-state index in [1.807, 2.05) is 6.92 Å². The number of aryl methyl sites for hydroxylation is 1. The van der Waals surface area contributed by atoms with Crippen LogP contribution in [0.15, 0.2) is 0 Å². The zero-order valence-electron chi connectivity index (χ0n) is 9.80. The highest BCUT2D eigenvalue weighted by Crippen LogP contribution is 2.47. The van der Waals surface area contributed by atoms with Crippen LogP contribution in [0.5, 0.6) is 0 Å². The molecule has 0 bridgehead atoms. The lowest BCUT2D eigenvalue weighted by atomic mass is 10.0. The maximum absolute atomic E-state index is 4.28. The van der Waals surface area contributed by atoms with Crippen LogP contribution >= 0.6 is 0 Å². The van der Waals surface area contributed by atoms with Crippen LogP contribution in [-0.2, 0) is 6.42 Å². The number of aromatic amines is 1. The SMILES string of the molecule is Cc1nc(CCNC(C)C2(C)CC2)n[nH]1. The zero-order chi connectivity index (χ0) is 10.9. The van der Waals surface area contributed by atoms with Gasteiger partial charge in [0.25, 0.3) is 0 Å². The van der Waals surface area contributed by atoms with Crippen molar-refractivity contribution >= 4 is 0 Å². The fraction of sp³-hybridized carbons (Fsp3) is 0.818. The Morgan fingerprint density at radius 3 is 2.80 bits per heavy atom. The molecular weight excluding hydrogens is 188 g/mol. The lowest BCUT2D eigenvalue weighted by Crippen LogP contribution is -2.34. The molecule has 0 saturated heterocycles. The van der Waals surface area contributed by atoms with Gasteiger partial charge in [-0.15, -0.1) is 0 Å². The molecule has 1 aliphatic carbocycles. The number of aromatic nitrogens is 3. The second-order valence-electron chi connectivity index (χ2n) is 4.92. The summed E-state index contributed by atoms with van der Waals surface area (Å²) in [7, 11) is 0. The summed E-state index contributed by atoms with van der Waals surface area (Å²) in [5.74, 6) is 1.81. The van der Waals surface area contributed by atoms with E-state index in [1.54, 1.807) is 0 Å². The molecule has 84 valence electrons. The van der Waals surface area contributed by atoms with Gasteiger partial charge in [0.15, 0.2) is 5.82 Å². The van der Waals surface area contributed by atoms with E-state index in [9.17, 15) is 0 Å². The van der Waals surface area contributed by atoms with E-state index < -0.39 is 0 Å². The minimum absolute atomic E-state index is 0.551. The van der Waals surface area contributed by atoms with Crippen molar-refractivity contribution in [3.8, 4) is 0 Å². The Hall–Kier alpha value is -0.900. The summed E-state index contributed by atoms with van der Waals surface area (Å²) in [6, 6.07) is 0.609. The monoisotopic (exact) mass is 208 g/mol. The van der Waals surface area contributed by atoms with E-state index in [2.05, 4.69) is 34.3 Å². The molecule has 0 amide bonds. The fourth-order valence-electron chi connectivity index (χ4n) is 1.78. The third-order valence-corrected chi connectivity index (χ3v) is 3.53. The smallest absolute Gasteiger partial charge is 0.151 e. The number of H-pyrrole nitrogens is 1. The summed E-state index contributed by atoms with van der Waals surface area (Å²) in [4.78, 5) is 4.28. The van der Waals surface area contributed by atoms with Crippen LogP contribution in [0.2, 0.25) is 0 Å². The molecule has 0 aromatic carbocycles. The van der Waals surface area contributed by atoms with Gasteiger partial charge in [0.05, 0.1) is 0 Å². The van der Waals surface area contributed by atoms with Crippen LogP contribution < -0.4 is 5.32 Å². The molecule has 1 aromatic rings. The van der Waals surface area contributed by atoms with E-state index in [4.69, 9.17) is 0 Å². The third kappa shape index (κ3) is 2.56. The average molecular weight is 208 g/mol. The Bertz CT molecular complexity index is 327. The number of hydrogen-bond donors (Lipinski definition) is 2. The molecule has 4 heteroatoms. The van der Waals surface area contributed by atoms with E-state index in [0.717, 1.165) is 24.6 Å². The molecule has 0 radical (unpaired) electrons. The maximum atomic E-state index is 4.28. The van der Waals surface area contributed by atoms with Crippen molar-refractivity contribution in [2.75, 3.05) is 6.54 Å². The molecule has 0 aliphatic heterocycles. The van der Waals surface area contributed by atoms with Gasteiger partial charge in [0.1, 0.15) is 5.82 Å². The fourth-order valence-corrected chi connectivity index (χ4v) is 1.78. The molecule has 1 saturated carbocycles. The van der Waals surface area contributed by atoms with Crippen molar-refractivity contribution in [2.45, 2.75) is 46.1 Å². The van der Waals surface area contributed by atoms with E-state index in [0.29, 0.717) is 11.5 Å². The molecule has 1 fully saturated rings. The van der Waals surface area contributed by atoms with Gasteiger partial charge in [0, 0.05) is 19.0 Å². The van der Waals surface area contributed by atoms with Gasteiger partial charge in [-0.3, -0.25) is 5.10 Å². The third-order valence-electron chi connectivity index (χ3n) is 3.53. The first-order valence-corrected chi connectivity index (χ1v) is 5.71. The normalized spacial score (nSPS) is 20.2. The van der Waals surface area contributed by atoms with Gasteiger partial charge in [-0.2, -0.15) is 5.10 Å². The van der Waals surface area contributed by atoms with E-state index in [-0.39, 0.29) is 0 Å². The second-order valence-corrected chi connectivity index (χ2v) is 4.92. The summed E-state index contributed by atoms with van der Waals surface area (Å²) in [6.45, 7) is 7.52. The van der Waals surface area contributed by atoms with Crippen molar-refractivity contribution in [1.29, 1.82) is 0 Å². The van der Waals surface area contributed by atoms with Crippen LogP contribution in [0.4, 0.5) is 0 Å². The highest BCUT2D eigenvalue weighted by molar-refractivity contribution is 4.97. The van der Waals surface area contributed by atoms with Crippen molar-refractivity contribution in [2.24, 2.45) is 5.41 Å². The van der Waals surface area contributed by atoms with Gasteiger partial charge in [-0.05, 0) is 32.1 Å². The van der Waals surface area contributed by atoms with E-state index in [1.165, 1.54) is 12.8 Å². The first-order valence-electron chi connectivity index (χ1n) is 5.71. The van der Waals surface area contributed by atoms with Crippen LogP contribution in [0.3, 0.4) is 0 Å². The van der Waals surface area contributed by atoms with Crippen LogP contribution in [0, 0.1) is 12.3 Å². The molecule has 1 unspecified atom stereocenters. The number of nitrogens with one attached hydrogen (secondary N) is 2. The molecule has 2 rings (SSSR count). The second kappa shape index (κ2) is 3.93. The molecular formula is C11H20N4. The van der Waals surface area contributed by atoms with Gasteiger partial charge < -0.3 is 5.32 Å². The number of nitrogens with zero attached hydrogens (tertiary/aromatic N) is 2. The Morgan fingerprint density at radius 2 is 2.27 bits per heavy atom. The van der Waals surface area contributed by atoms with Crippen molar-refractivity contribution in [3.05, 3.63) is 11.6 Å². The van der Waals surface area contributed by atoms with Crippen LogP contribution in [0.1, 0.15) is 38.3 Å². The number of hydrogen-bond acceptors (Lipinski definition) is 3. The quantitative estimate of drug-likeness (QED) is 0.769. The topological polar surface area (TPSA) is 53.6 Å².